The van der Waals surface area contributed by atoms with Crippen molar-refractivity contribution in [3.63, 3.8) is 0 Å². The molecule has 0 aliphatic carbocycles. The first-order chi connectivity index (χ1) is 7.29. The molecular weight excluding hydrogens is 275 g/mol. The Hall–Kier alpha value is -0.930. The van der Waals surface area contributed by atoms with Gasteiger partial charge in [-0.25, -0.2) is 9.97 Å². The fourth-order valence-corrected chi connectivity index (χ4v) is 1.74. The molecule has 0 saturated carbocycles. The SMILES string of the molecule is Clc1cccc(-c2nccc(CBr)n2)c1. The smallest absolute Gasteiger partial charge is 0.159 e. The van der Waals surface area contributed by atoms with E-state index in [1.165, 1.54) is 0 Å². The zero-order valence-electron chi connectivity index (χ0n) is 7.82. The van der Waals surface area contributed by atoms with Gasteiger partial charge in [-0.05, 0) is 18.2 Å². The van der Waals surface area contributed by atoms with Crippen LogP contribution in [0, 0.1) is 0 Å². The number of aromatic nitrogens is 2. The van der Waals surface area contributed by atoms with Crippen molar-refractivity contribution < 1.29 is 0 Å². The molecule has 2 nitrogen and oxygen atoms in total. The van der Waals surface area contributed by atoms with Gasteiger partial charge in [0, 0.05) is 22.1 Å². The number of hydrogen-bond donors (Lipinski definition) is 0. The molecule has 0 N–H and O–H groups in total. The minimum absolute atomic E-state index is 0.695. The molecule has 15 heavy (non-hydrogen) atoms. The average Bonchev–Trinajstić information content (AvgIpc) is 2.29. The molecule has 0 atom stereocenters. The summed E-state index contributed by atoms with van der Waals surface area (Å²) >= 11 is 9.27. The third kappa shape index (κ3) is 2.55. The Morgan fingerprint density at radius 3 is 2.87 bits per heavy atom. The second-order valence-electron chi connectivity index (χ2n) is 3.02. The number of alkyl halides is 1. The summed E-state index contributed by atoms with van der Waals surface area (Å²) in [6.07, 6.45) is 1.75. The van der Waals surface area contributed by atoms with Crippen molar-refractivity contribution in [2.24, 2.45) is 0 Å². The monoisotopic (exact) mass is 282 g/mol. The van der Waals surface area contributed by atoms with Gasteiger partial charge >= 0.3 is 0 Å². The first-order valence-electron chi connectivity index (χ1n) is 4.43. The Bertz CT molecular complexity index is 474. The summed E-state index contributed by atoms with van der Waals surface area (Å²) in [6, 6.07) is 9.40. The predicted molar refractivity (Wildman–Crippen MR) is 65.1 cm³/mol. The van der Waals surface area contributed by atoms with Crippen molar-refractivity contribution in [2.75, 3.05) is 0 Å². The van der Waals surface area contributed by atoms with Gasteiger partial charge < -0.3 is 0 Å². The Kier molecular flexibility index (Phi) is 3.34. The molecule has 2 rings (SSSR count). The van der Waals surface area contributed by atoms with Crippen LogP contribution in [-0.4, -0.2) is 9.97 Å². The molecule has 0 aliphatic rings. The summed E-state index contributed by atoms with van der Waals surface area (Å²) in [4.78, 5) is 8.59. The molecule has 76 valence electrons. The lowest BCUT2D eigenvalue weighted by atomic mass is 10.2. The number of benzene rings is 1. The van der Waals surface area contributed by atoms with Crippen molar-refractivity contribution >= 4 is 27.5 Å². The van der Waals surface area contributed by atoms with E-state index >= 15 is 0 Å². The normalized spacial score (nSPS) is 10.3. The molecular formula is C11H8BrClN2. The van der Waals surface area contributed by atoms with Crippen molar-refractivity contribution in [1.82, 2.24) is 9.97 Å². The zero-order chi connectivity index (χ0) is 10.7. The summed E-state index contributed by atoms with van der Waals surface area (Å²) in [5.41, 5.74) is 1.89. The largest absolute Gasteiger partial charge is 0.237 e. The van der Waals surface area contributed by atoms with E-state index in [0.717, 1.165) is 16.6 Å². The molecule has 4 heteroatoms. The van der Waals surface area contributed by atoms with Crippen LogP contribution in [0.2, 0.25) is 5.02 Å². The predicted octanol–water partition coefficient (Wildman–Crippen LogP) is 3.69. The van der Waals surface area contributed by atoms with Crippen LogP contribution in [0.3, 0.4) is 0 Å². The molecule has 1 aromatic carbocycles. The van der Waals surface area contributed by atoms with E-state index in [9.17, 15) is 0 Å². The number of hydrogen-bond acceptors (Lipinski definition) is 2. The van der Waals surface area contributed by atoms with Crippen LogP contribution in [0.1, 0.15) is 5.69 Å². The molecule has 0 radical (unpaired) electrons. The molecule has 0 aliphatic heterocycles. The highest BCUT2D eigenvalue weighted by atomic mass is 79.9. The van der Waals surface area contributed by atoms with E-state index in [1.807, 2.05) is 30.3 Å². The fourth-order valence-electron chi connectivity index (χ4n) is 1.24. The second kappa shape index (κ2) is 4.73. The van der Waals surface area contributed by atoms with Crippen LogP contribution in [-0.2, 0) is 5.33 Å². The number of nitrogens with zero attached hydrogens (tertiary/aromatic N) is 2. The van der Waals surface area contributed by atoms with Gasteiger partial charge in [0.25, 0.3) is 0 Å². The molecule has 1 heterocycles. The summed E-state index contributed by atoms with van der Waals surface area (Å²) in [5.74, 6) is 0.703. The highest BCUT2D eigenvalue weighted by Gasteiger charge is 2.02. The van der Waals surface area contributed by atoms with Gasteiger partial charge in [0.05, 0.1) is 5.69 Å². The average molecular weight is 284 g/mol. The van der Waals surface area contributed by atoms with Crippen molar-refractivity contribution in [1.29, 1.82) is 0 Å². The third-order valence-electron chi connectivity index (χ3n) is 1.93. The Morgan fingerprint density at radius 1 is 1.27 bits per heavy atom. The second-order valence-corrected chi connectivity index (χ2v) is 4.01. The molecule has 0 spiro atoms. The molecule has 0 saturated heterocycles. The van der Waals surface area contributed by atoms with Gasteiger partial charge in [-0.15, -0.1) is 0 Å². The minimum Gasteiger partial charge on any atom is -0.237 e. The molecule has 2 aromatic rings. The van der Waals surface area contributed by atoms with Gasteiger partial charge in [0.15, 0.2) is 5.82 Å². The standard InChI is InChI=1S/C11H8BrClN2/c12-7-10-4-5-14-11(15-10)8-2-1-3-9(13)6-8/h1-6H,7H2. The highest BCUT2D eigenvalue weighted by Crippen LogP contribution is 2.19. The first kappa shape index (κ1) is 10.6. The van der Waals surface area contributed by atoms with Gasteiger partial charge in [-0.2, -0.15) is 0 Å². The van der Waals surface area contributed by atoms with Crippen LogP contribution in [0.4, 0.5) is 0 Å². The zero-order valence-corrected chi connectivity index (χ0v) is 10.2. The third-order valence-corrected chi connectivity index (χ3v) is 2.74. The first-order valence-corrected chi connectivity index (χ1v) is 5.93. The lowest BCUT2D eigenvalue weighted by Gasteiger charge is -2.01. The topological polar surface area (TPSA) is 25.8 Å². The highest BCUT2D eigenvalue weighted by molar-refractivity contribution is 9.08. The summed E-state index contributed by atoms with van der Waals surface area (Å²) < 4.78 is 0. The molecule has 0 amide bonds. The minimum atomic E-state index is 0.695. The number of rotatable bonds is 2. The Balaban J connectivity index is 2.44. The Morgan fingerprint density at radius 2 is 2.13 bits per heavy atom. The van der Waals surface area contributed by atoms with E-state index in [-0.39, 0.29) is 0 Å². The summed E-state index contributed by atoms with van der Waals surface area (Å²) in [7, 11) is 0. The van der Waals surface area contributed by atoms with Crippen LogP contribution < -0.4 is 0 Å². The maximum atomic E-state index is 5.90. The van der Waals surface area contributed by atoms with Gasteiger partial charge in [-0.3, -0.25) is 0 Å². The van der Waals surface area contributed by atoms with Crippen LogP contribution in [0.5, 0.6) is 0 Å². The molecule has 1 aromatic heterocycles. The van der Waals surface area contributed by atoms with Crippen molar-refractivity contribution in [2.45, 2.75) is 5.33 Å². The van der Waals surface area contributed by atoms with Crippen LogP contribution in [0.15, 0.2) is 36.5 Å². The van der Waals surface area contributed by atoms with Crippen LogP contribution >= 0.6 is 27.5 Å². The van der Waals surface area contributed by atoms with Gasteiger partial charge in [0.2, 0.25) is 0 Å². The number of halogens is 2. The summed E-state index contributed by atoms with van der Waals surface area (Å²) in [5, 5.41) is 1.42. The fraction of sp³-hybridized carbons (Fsp3) is 0.0909. The maximum absolute atomic E-state index is 5.90. The van der Waals surface area contributed by atoms with E-state index in [2.05, 4.69) is 25.9 Å². The van der Waals surface area contributed by atoms with E-state index in [0.29, 0.717) is 10.8 Å². The van der Waals surface area contributed by atoms with E-state index in [1.54, 1.807) is 6.20 Å². The molecule has 0 bridgehead atoms. The van der Waals surface area contributed by atoms with E-state index < -0.39 is 0 Å². The van der Waals surface area contributed by atoms with Crippen molar-refractivity contribution in [3.8, 4) is 11.4 Å². The van der Waals surface area contributed by atoms with Crippen LogP contribution in [0.25, 0.3) is 11.4 Å². The quantitative estimate of drug-likeness (QED) is 0.786. The lowest BCUT2D eigenvalue weighted by Crippen LogP contribution is -1.92. The maximum Gasteiger partial charge on any atom is 0.159 e. The van der Waals surface area contributed by atoms with E-state index in [4.69, 9.17) is 11.6 Å². The molecule has 0 fully saturated rings. The van der Waals surface area contributed by atoms with Gasteiger partial charge in [-0.1, -0.05) is 39.7 Å². The van der Waals surface area contributed by atoms with Crippen molar-refractivity contribution in [3.05, 3.63) is 47.2 Å². The summed E-state index contributed by atoms with van der Waals surface area (Å²) in [6.45, 7) is 0. The Labute approximate surface area is 101 Å². The molecule has 0 unspecified atom stereocenters. The lowest BCUT2D eigenvalue weighted by molar-refractivity contribution is 1.10. The van der Waals surface area contributed by atoms with Gasteiger partial charge in [0.1, 0.15) is 0 Å².